The third kappa shape index (κ3) is 2.23. The van der Waals surface area contributed by atoms with Crippen molar-refractivity contribution in [2.45, 2.75) is 19.4 Å². The molecule has 3 rings (SSSR count). The molecule has 1 N–H and O–H groups in total. The molecule has 1 aromatic carbocycles. The minimum absolute atomic E-state index is 0.0183. The summed E-state index contributed by atoms with van der Waals surface area (Å²) in [7, 11) is 0. The lowest BCUT2D eigenvalue weighted by Gasteiger charge is -2.37. The number of piperazine rings is 1. The van der Waals surface area contributed by atoms with Crippen molar-refractivity contribution in [1.29, 1.82) is 0 Å². The first-order chi connectivity index (χ1) is 9.90. The Morgan fingerprint density at radius 3 is 2.81 bits per heavy atom. The van der Waals surface area contributed by atoms with Gasteiger partial charge in [-0.15, -0.1) is 0 Å². The average Bonchev–Trinajstić information content (AvgIpc) is 2.43. The molecule has 1 aliphatic heterocycles. The van der Waals surface area contributed by atoms with E-state index in [-0.39, 0.29) is 18.4 Å². The quantitative estimate of drug-likeness (QED) is 0.878. The minimum atomic E-state index is -0.934. The Morgan fingerprint density at radius 2 is 2.05 bits per heavy atom. The van der Waals surface area contributed by atoms with E-state index in [1.54, 1.807) is 38.2 Å². The predicted molar refractivity (Wildman–Crippen MR) is 81.3 cm³/mol. The van der Waals surface area contributed by atoms with Gasteiger partial charge in [0, 0.05) is 11.6 Å². The van der Waals surface area contributed by atoms with Crippen molar-refractivity contribution in [1.82, 2.24) is 10.3 Å². The Kier molecular flexibility index (Phi) is 3.10. The standard InChI is InChI=1S/C15H14ClN3O2/c1-15(2)14(21)19(8-12(20)18-15)11-6-5-10(16)9-4-3-7-17-13(9)11/h3-7H,8H2,1-2H3,(H,18,20). The largest absolute Gasteiger partial charge is 0.341 e. The van der Waals surface area contributed by atoms with Crippen LogP contribution in [0.4, 0.5) is 5.69 Å². The molecule has 2 aromatic rings. The lowest BCUT2D eigenvalue weighted by molar-refractivity contribution is -0.134. The SMILES string of the molecule is CC1(C)NC(=O)CN(c2ccc(Cl)c3cccnc23)C1=O. The Morgan fingerprint density at radius 1 is 1.29 bits per heavy atom. The van der Waals surface area contributed by atoms with Gasteiger partial charge in [-0.2, -0.15) is 0 Å². The van der Waals surface area contributed by atoms with Crippen LogP contribution in [0.2, 0.25) is 5.02 Å². The number of benzene rings is 1. The molecule has 1 fully saturated rings. The van der Waals surface area contributed by atoms with Crippen LogP contribution >= 0.6 is 11.6 Å². The molecular weight excluding hydrogens is 290 g/mol. The maximum atomic E-state index is 12.6. The van der Waals surface area contributed by atoms with Crippen molar-refractivity contribution in [2.75, 3.05) is 11.4 Å². The van der Waals surface area contributed by atoms with Gasteiger partial charge in [-0.05, 0) is 38.1 Å². The number of rotatable bonds is 1. The van der Waals surface area contributed by atoms with E-state index in [1.807, 2.05) is 6.07 Å². The summed E-state index contributed by atoms with van der Waals surface area (Å²) in [5.41, 5.74) is 0.280. The van der Waals surface area contributed by atoms with Crippen LogP contribution in [0.15, 0.2) is 30.5 Å². The third-order valence-corrected chi connectivity index (χ3v) is 3.85. The molecule has 0 unspecified atom stereocenters. The van der Waals surface area contributed by atoms with Gasteiger partial charge in [0.15, 0.2) is 0 Å². The molecule has 6 heteroatoms. The fourth-order valence-corrected chi connectivity index (χ4v) is 2.75. The summed E-state index contributed by atoms with van der Waals surface area (Å²) >= 11 is 6.17. The Bertz CT molecular complexity index is 758. The molecule has 2 amide bonds. The summed E-state index contributed by atoms with van der Waals surface area (Å²) in [6, 6.07) is 7.07. The number of aromatic nitrogens is 1. The molecule has 1 saturated heterocycles. The van der Waals surface area contributed by atoms with E-state index >= 15 is 0 Å². The van der Waals surface area contributed by atoms with Gasteiger partial charge in [0.2, 0.25) is 5.91 Å². The Hall–Kier alpha value is -2.14. The summed E-state index contributed by atoms with van der Waals surface area (Å²) in [5, 5.41) is 4.01. The molecule has 0 radical (unpaired) electrons. The number of fused-ring (bicyclic) bond motifs is 1. The van der Waals surface area contributed by atoms with Gasteiger partial charge < -0.3 is 5.32 Å². The zero-order chi connectivity index (χ0) is 15.2. The monoisotopic (exact) mass is 303 g/mol. The minimum Gasteiger partial charge on any atom is -0.341 e. The van der Waals surface area contributed by atoms with E-state index in [0.717, 1.165) is 5.39 Å². The molecule has 21 heavy (non-hydrogen) atoms. The first-order valence-electron chi connectivity index (χ1n) is 6.56. The second-order valence-electron chi connectivity index (χ2n) is 5.53. The van der Waals surface area contributed by atoms with E-state index in [2.05, 4.69) is 10.3 Å². The number of anilines is 1. The maximum absolute atomic E-state index is 12.6. The highest BCUT2D eigenvalue weighted by molar-refractivity contribution is 6.36. The second kappa shape index (κ2) is 4.70. The average molecular weight is 304 g/mol. The summed E-state index contributed by atoms with van der Waals surface area (Å²) in [4.78, 5) is 30.2. The fraction of sp³-hybridized carbons (Fsp3) is 0.267. The van der Waals surface area contributed by atoms with Crippen LogP contribution < -0.4 is 10.2 Å². The van der Waals surface area contributed by atoms with Crippen LogP contribution in [0.5, 0.6) is 0 Å². The van der Waals surface area contributed by atoms with E-state index in [4.69, 9.17) is 11.6 Å². The highest BCUT2D eigenvalue weighted by Gasteiger charge is 2.40. The normalized spacial score (nSPS) is 18.0. The van der Waals surface area contributed by atoms with Crippen molar-refractivity contribution < 1.29 is 9.59 Å². The highest BCUT2D eigenvalue weighted by Crippen LogP contribution is 2.32. The molecule has 1 aliphatic rings. The zero-order valence-electron chi connectivity index (χ0n) is 11.7. The zero-order valence-corrected chi connectivity index (χ0v) is 12.4. The number of hydrogen-bond donors (Lipinski definition) is 1. The fourth-order valence-electron chi connectivity index (χ4n) is 2.53. The van der Waals surface area contributed by atoms with Gasteiger partial charge in [-0.3, -0.25) is 19.5 Å². The third-order valence-electron chi connectivity index (χ3n) is 3.52. The number of nitrogens with zero attached hydrogens (tertiary/aromatic N) is 2. The van der Waals surface area contributed by atoms with Crippen LogP contribution in [-0.2, 0) is 9.59 Å². The summed E-state index contributed by atoms with van der Waals surface area (Å²) in [5.74, 6) is -0.366. The Balaban J connectivity index is 2.18. The first-order valence-corrected chi connectivity index (χ1v) is 6.94. The summed E-state index contributed by atoms with van der Waals surface area (Å²) < 4.78 is 0. The number of hydrogen-bond acceptors (Lipinski definition) is 3. The number of carbonyl (C=O) groups excluding carboxylic acids is 2. The van der Waals surface area contributed by atoms with Crippen LogP contribution in [0.25, 0.3) is 10.9 Å². The number of pyridine rings is 1. The lowest BCUT2D eigenvalue weighted by atomic mass is 9.99. The number of nitrogens with one attached hydrogen (secondary N) is 1. The number of carbonyl (C=O) groups is 2. The molecule has 2 heterocycles. The van der Waals surface area contributed by atoms with Crippen LogP contribution in [0, 0.1) is 0 Å². The number of halogens is 1. The van der Waals surface area contributed by atoms with Crippen molar-refractivity contribution in [2.24, 2.45) is 0 Å². The molecule has 5 nitrogen and oxygen atoms in total. The Labute approximate surface area is 126 Å². The molecular formula is C15H14ClN3O2. The van der Waals surface area contributed by atoms with Crippen molar-refractivity contribution in [3.63, 3.8) is 0 Å². The van der Waals surface area contributed by atoms with E-state index < -0.39 is 5.54 Å². The van der Waals surface area contributed by atoms with Gasteiger partial charge in [0.25, 0.3) is 5.91 Å². The van der Waals surface area contributed by atoms with E-state index in [0.29, 0.717) is 16.2 Å². The molecule has 0 bridgehead atoms. The molecule has 0 saturated carbocycles. The van der Waals surface area contributed by atoms with Crippen LogP contribution in [-0.4, -0.2) is 28.9 Å². The van der Waals surface area contributed by atoms with Gasteiger partial charge in [-0.25, -0.2) is 0 Å². The molecule has 1 aromatic heterocycles. The lowest BCUT2D eigenvalue weighted by Crippen LogP contribution is -2.64. The molecule has 0 aliphatic carbocycles. The molecule has 0 atom stereocenters. The van der Waals surface area contributed by atoms with Gasteiger partial charge in [0.05, 0.1) is 16.2 Å². The van der Waals surface area contributed by atoms with Crippen molar-refractivity contribution in [3.05, 3.63) is 35.5 Å². The van der Waals surface area contributed by atoms with Gasteiger partial charge >= 0.3 is 0 Å². The summed E-state index contributed by atoms with van der Waals surface area (Å²) in [6.45, 7) is 3.35. The number of amides is 2. The molecule has 108 valence electrons. The van der Waals surface area contributed by atoms with Gasteiger partial charge in [-0.1, -0.05) is 11.6 Å². The predicted octanol–water partition coefficient (Wildman–Crippen LogP) is 2.13. The van der Waals surface area contributed by atoms with Crippen LogP contribution in [0.1, 0.15) is 13.8 Å². The van der Waals surface area contributed by atoms with E-state index in [1.165, 1.54) is 4.90 Å². The van der Waals surface area contributed by atoms with E-state index in [9.17, 15) is 9.59 Å². The second-order valence-corrected chi connectivity index (χ2v) is 5.94. The van der Waals surface area contributed by atoms with Crippen LogP contribution in [0.3, 0.4) is 0 Å². The topological polar surface area (TPSA) is 62.3 Å². The van der Waals surface area contributed by atoms with Crippen molar-refractivity contribution in [3.8, 4) is 0 Å². The summed E-state index contributed by atoms with van der Waals surface area (Å²) in [6.07, 6.45) is 1.64. The highest BCUT2D eigenvalue weighted by atomic mass is 35.5. The first kappa shape index (κ1) is 13.8. The smallest absolute Gasteiger partial charge is 0.252 e. The van der Waals surface area contributed by atoms with Gasteiger partial charge in [0.1, 0.15) is 12.1 Å². The molecule has 0 spiro atoms. The maximum Gasteiger partial charge on any atom is 0.252 e. The van der Waals surface area contributed by atoms with Crippen molar-refractivity contribution >= 4 is 40.0 Å².